The molecule has 0 bridgehead atoms. The average Bonchev–Trinajstić information content (AvgIpc) is 2.97. The van der Waals surface area contributed by atoms with Gasteiger partial charge >= 0.3 is 0 Å². The van der Waals surface area contributed by atoms with E-state index in [0.29, 0.717) is 29.9 Å². The molecule has 0 fully saturated rings. The molecule has 3 aromatic rings. The summed E-state index contributed by atoms with van der Waals surface area (Å²) in [5.41, 5.74) is 3.65. The highest BCUT2D eigenvalue weighted by atomic mass is 35.5. The molecule has 108 valence electrons. The maximum atomic E-state index is 5.84. The monoisotopic (exact) mass is 320 g/mol. The molecule has 2 heterocycles. The fourth-order valence-corrected chi connectivity index (χ4v) is 2.82. The molecule has 3 rings (SSSR count). The number of hydrogen-bond acceptors (Lipinski definition) is 6. The molecule has 7 heteroatoms. The Hall–Kier alpha value is -1.73. The van der Waals surface area contributed by atoms with Crippen molar-refractivity contribution in [3.63, 3.8) is 0 Å². The molecule has 1 aromatic carbocycles. The second kappa shape index (κ2) is 6.36. The molecular weight excluding hydrogens is 308 g/mol. The minimum Gasteiger partial charge on any atom is -0.369 e. The van der Waals surface area contributed by atoms with E-state index in [1.165, 1.54) is 0 Å². The minimum atomic E-state index is 0.325. The Bertz CT molecular complexity index is 744. The van der Waals surface area contributed by atoms with Crippen LogP contribution in [0, 0.1) is 0 Å². The van der Waals surface area contributed by atoms with E-state index in [-0.39, 0.29) is 0 Å². The van der Waals surface area contributed by atoms with E-state index >= 15 is 0 Å². The van der Waals surface area contributed by atoms with E-state index in [1.54, 1.807) is 11.3 Å². The molecule has 21 heavy (non-hydrogen) atoms. The second-order valence-corrected chi connectivity index (χ2v) is 5.72. The zero-order valence-corrected chi connectivity index (χ0v) is 12.6. The average molecular weight is 321 g/mol. The number of hydrazine groups is 1. The summed E-state index contributed by atoms with van der Waals surface area (Å²) in [5, 5.41) is 3.59. The number of rotatable bonds is 5. The third kappa shape index (κ3) is 3.30. The van der Waals surface area contributed by atoms with Crippen LogP contribution in [0.25, 0.3) is 10.2 Å². The number of halogens is 1. The molecule has 0 amide bonds. The third-order valence-electron chi connectivity index (χ3n) is 2.92. The fraction of sp³-hybridized carbons (Fsp3) is 0.143. The molecule has 0 aliphatic heterocycles. The van der Waals surface area contributed by atoms with Crippen molar-refractivity contribution in [3.05, 3.63) is 52.1 Å². The van der Waals surface area contributed by atoms with Crippen LogP contribution in [0.2, 0.25) is 5.02 Å². The lowest BCUT2D eigenvalue weighted by molar-refractivity contribution is 0.102. The summed E-state index contributed by atoms with van der Waals surface area (Å²) in [7, 11) is 0. The zero-order valence-electron chi connectivity index (χ0n) is 11.0. The summed E-state index contributed by atoms with van der Waals surface area (Å²) in [4.78, 5) is 9.70. The number of nitrogens with one attached hydrogen (secondary N) is 1. The zero-order chi connectivity index (χ0) is 14.7. The van der Waals surface area contributed by atoms with Gasteiger partial charge in [-0.1, -0.05) is 23.7 Å². The number of nitrogen functional groups attached to an aromatic ring is 1. The number of ether oxygens (including phenoxy) is 1. The van der Waals surface area contributed by atoms with Crippen molar-refractivity contribution in [2.45, 2.75) is 13.2 Å². The highest BCUT2D eigenvalue weighted by Crippen LogP contribution is 2.24. The highest BCUT2D eigenvalue weighted by Gasteiger charge is 2.08. The van der Waals surface area contributed by atoms with Crippen molar-refractivity contribution in [2.75, 3.05) is 5.43 Å². The molecular formula is C14H13ClN4OS. The molecule has 0 saturated heterocycles. The summed E-state index contributed by atoms with van der Waals surface area (Å²) in [6.07, 6.45) is 0. The van der Waals surface area contributed by atoms with Crippen molar-refractivity contribution in [3.8, 4) is 0 Å². The van der Waals surface area contributed by atoms with E-state index < -0.39 is 0 Å². The number of fused-ring (bicyclic) bond motifs is 1. The van der Waals surface area contributed by atoms with Gasteiger partial charge in [-0.05, 0) is 29.1 Å². The quantitative estimate of drug-likeness (QED) is 0.557. The van der Waals surface area contributed by atoms with Crippen LogP contribution in [-0.4, -0.2) is 9.97 Å². The maximum absolute atomic E-state index is 5.84. The first-order valence-corrected chi connectivity index (χ1v) is 7.55. The molecule has 3 N–H and O–H groups in total. The van der Waals surface area contributed by atoms with E-state index in [1.807, 2.05) is 35.7 Å². The van der Waals surface area contributed by atoms with Gasteiger partial charge in [-0.2, -0.15) is 0 Å². The molecule has 0 radical (unpaired) electrons. The van der Waals surface area contributed by atoms with Crippen LogP contribution < -0.4 is 11.3 Å². The first-order chi connectivity index (χ1) is 10.3. The van der Waals surface area contributed by atoms with Gasteiger partial charge < -0.3 is 10.2 Å². The number of thiophene rings is 1. The van der Waals surface area contributed by atoms with Gasteiger partial charge in [0, 0.05) is 5.02 Å². The molecule has 0 aliphatic carbocycles. The van der Waals surface area contributed by atoms with Gasteiger partial charge in [-0.25, -0.2) is 15.8 Å². The van der Waals surface area contributed by atoms with Crippen molar-refractivity contribution in [2.24, 2.45) is 5.84 Å². The second-order valence-electron chi connectivity index (χ2n) is 4.39. The van der Waals surface area contributed by atoms with Crippen molar-refractivity contribution < 1.29 is 4.74 Å². The molecule has 0 aliphatic rings. The molecule has 0 unspecified atom stereocenters. The molecule has 5 nitrogen and oxygen atoms in total. The summed E-state index contributed by atoms with van der Waals surface area (Å²) < 4.78 is 5.64. The van der Waals surface area contributed by atoms with Crippen molar-refractivity contribution in [1.82, 2.24) is 9.97 Å². The Labute approximate surface area is 130 Å². The molecule has 0 saturated carbocycles. The van der Waals surface area contributed by atoms with Gasteiger partial charge in [0.15, 0.2) is 11.6 Å². The SMILES string of the molecule is NNc1nc(COCc2ccc(Cl)cc2)nc2sccc12. The highest BCUT2D eigenvalue weighted by molar-refractivity contribution is 7.16. The van der Waals surface area contributed by atoms with Gasteiger partial charge in [0.2, 0.25) is 0 Å². The largest absolute Gasteiger partial charge is 0.369 e. The van der Waals surface area contributed by atoms with Crippen LogP contribution in [0.4, 0.5) is 5.82 Å². The van der Waals surface area contributed by atoms with E-state index in [9.17, 15) is 0 Å². The molecule has 2 aromatic heterocycles. The standard InChI is InChI=1S/C14H13ClN4OS/c15-10-3-1-9(2-4-10)7-20-8-12-17-13(19-16)11-5-6-21-14(11)18-12/h1-6H,7-8,16H2,(H,17,18,19). The summed E-state index contributed by atoms with van der Waals surface area (Å²) in [6, 6.07) is 9.47. The Morgan fingerprint density at radius 2 is 1.95 bits per heavy atom. The van der Waals surface area contributed by atoms with Gasteiger partial charge in [0.1, 0.15) is 11.4 Å². The maximum Gasteiger partial charge on any atom is 0.158 e. The Kier molecular flexibility index (Phi) is 4.31. The lowest BCUT2D eigenvalue weighted by atomic mass is 10.2. The number of benzene rings is 1. The Morgan fingerprint density at radius 3 is 2.71 bits per heavy atom. The number of nitrogens with zero attached hydrogens (tertiary/aromatic N) is 2. The van der Waals surface area contributed by atoms with Gasteiger partial charge in [-0.3, -0.25) is 0 Å². The van der Waals surface area contributed by atoms with Gasteiger partial charge in [-0.15, -0.1) is 11.3 Å². The van der Waals surface area contributed by atoms with Crippen LogP contribution in [0.1, 0.15) is 11.4 Å². The normalized spacial score (nSPS) is 11.0. The fourth-order valence-electron chi connectivity index (χ4n) is 1.91. The van der Waals surface area contributed by atoms with Gasteiger partial charge in [0.25, 0.3) is 0 Å². The lowest BCUT2D eigenvalue weighted by Crippen LogP contribution is -2.11. The molecule has 0 spiro atoms. The predicted molar refractivity (Wildman–Crippen MR) is 85.2 cm³/mol. The minimum absolute atomic E-state index is 0.325. The lowest BCUT2D eigenvalue weighted by Gasteiger charge is -2.06. The first-order valence-electron chi connectivity index (χ1n) is 6.29. The first kappa shape index (κ1) is 14.2. The number of anilines is 1. The van der Waals surface area contributed by atoms with E-state index in [4.69, 9.17) is 22.2 Å². The van der Waals surface area contributed by atoms with Crippen LogP contribution in [0.5, 0.6) is 0 Å². The van der Waals surface area contributed by atoms with Crippen molar-refractivity contribution >= 4 is 39.0 Å². The van der Waals surface area contributed by atoms with Crippen LogP contribution >= 0.6 is 22.9 Å². The van der Waals surface area contributed by atoms with E-state index in [0.717, 1.165) is 15.8 Å². The van der Waals surface area contributed by atoms with Crippen molar-refractivity contribution in [1.29, 1.82) is 0 Å². The third-order valence-corrected chi connectivity index (χ3v) is 3.98. The number of aromatic nitrogens is 2. The smallest absolute Gasteiger partial charge is 0.158 e. The van der Waals surface area contributed by atoms with Gasteiger partial charge in [0.05, 0.1) is 12.0 Å². The predicted octanol–water partition coefficient (Wildman–Crippen LogP) is 3.35. The van der Waals surface area contributed by atoms with Crippen LogP contribution in [0.3, 0.4) is 0 Å². The number of nitrogens with two attached hydrogens (primary N) is 1. The van der Waals surface area contributed by atoms with Crippen LogP contribution in [-0.2, 0) is 18.0 Å². The summed E-state index contributed by atoms with van der Waals surface area (Å²) >= 11 is 7.39. The Balaban J connectivity index is 1.68. The topological polar surface area (TPSA) is 73.1 Å². The van der Waals surface area contributed by atoms with Crippen LogP contribution in [0.15, 0.2) is 35.7 Å². The van der Waals surface area contributed by atoms with E-state index in [2.05, 4.69) is 15.4 Å². The number of hydrogen-bond donors (Lipinski definition) is 2. The summed E-state index contributed by atoms with van der Waals surface area (Å²) in [6.45, 7) is 0.805. The Morgan fingerprint density at radius 1 is 1.14 bits per heavy atom. The molecule has 0 atom stereocenters. The summed E-state index contributed by atoms with van der Waals surface area (Å²) in [5.74, 6) is 6.71.